The van der Waals surface area contributed by atoms with Crippen molar-refractivity contribution in [2.24, 2.45) is 0 Å². The number of aliphatic hydroxyl groups is 1. The van der Waals surface area contributed by atoms with E-state index in [4.69, 9.17) is 4.74 Å². The van der Waals surface area contributed by atoms with Crippen LogP contribution in [0.5, 0.6) is 5.75 Å². The van der Waals surface area contributed by atoms with Crippen molar-refractivity contribution in [3.05, 3.63) is 24.0 Å². The van der Waals surface area contributed by atoms with Crippen molar-refractivity contribution < 1.29 is 9.84 Å². The van der Waals surface area contributed by atoms with Gasteiger partial charge in [-0.1, -0.05) is 6.92 Å². The van der Waals surface area contributed by atoms with Gasteiger partial charge in [-0.3, -0.25) is 9.88 Å². The molecule has 0 amide bonds. The van der Waals surface area contributed by atoms with Gasteiger partial charge in [0.1, 0.15) is 5.75 Å². The van der Waals surface area contributed by atoms with Gasteiger partial charge in [0.2, 0.25) is 0 Å². The Morgan fingerprint density at radius 3 is 2.70 bits per heavy atom. The first-order chi connectivity index (χ1) is 9.55. The smallest absolute Gasteiger partial charge is 0.137 e. The molecule has 0 aromatic carbocycles. The van der Waals surface area contributed by atoms with Crippen LogP contribution in [-0.4, -0.2) is 40.2 Å². The van der Waals surface area contributed by atoms with E-state index in [-0.39, 0.29) is 5.54 Å². The second-order valence-corrected chi connectivity index (χ2v) is 6.05. The highest BCUT2D eigenvalue weighted by atomic mass is 16.5. The lowest BCUT2D eigenvalue weighted by Gasteiger charge is -2.39. The Morgan fingerprint density at radius 2 is 2.05 bits per heavy atom. The van der Waals surface area contributed by atoms with Gasteiger partial charge in [-0.25, -0.2) is 0 Å². The lowest BCUT2D eigenvalue weighted by atomic mass is 9.90. The normalized spacial score (nSPS) is 18.2. The summed E-state index contributed by atoms with van der Waals surface area (Å²) in [6.45, 7) is 9.07. The average molecular weight is 278 g/mol. The number of aliphatic hydroxyl groups excluding tert-OH is 1. The molecule has 0 saturated carbocycles. The molecule has 4 nitrogen and oxygen atoms in total. The summed E-state index contributed by atoms with van der Waals surface area (Å²) in [7, 11) is 0. The number of nitrogens with zero attached hydrogens (tertiary/aromatic N) is 2. The van der Waals surface area contributed by atoms with Crippen LogP contribution in [0.15, 0.2) is 18.5 Å². The molecule has 1 N–H and O–H groups in total. The van der Waals surface area contributed by atoms with Gasteiger partial charge in [-0.15, -0.1) is 0 Å². The van der Waals surface area contributed by atoms with Gasteiger partial charge in [0.25, 0.3) is 0 Å². The standard InChI is InChI=1S/C16H26N2O2/c1-4-9-20-14-10-13(11-17-12-14)15(19)16(2,3)18-7-5-6-8-18/h10-12,15,19H,4-9H2,1-3H3. The zero-order chi connectivity index (χ0) is 14.6. The molecule has 1 saturated heterocycles. The molecule has 1 aliphatic heterocycles. The van der Waals surface area contributed by atoms with Crippen molar-refractivity contribution in [3.63, 3.8) is 0 Å². The van der Waals surface area contributed by atoms with E-state index in [0.717, 1.165) is 30.8 Å². The molecule has 1 atom stereocenters. The van der Waals surface area contributed by atoms with Crippen molar-refractivity contribution in [2.75, 3.05) is 19.7 Å². The zero-order valence-corrected chi connectivity index (χ0v) is 12.8. The second-order valence-electron chi connectivity index (χ2n) is 6.05. The van der Waals surface area contributed by atoms with E-state index in [1.54, 1.807) is 12.4 Å². The van der Waals surface area contributed by atoms with Gasteiger partial charge >= 0.3 is 0 Å². The van der Waals surface area contributed by atoms with Crippen molar-refractivity contribution in [2.45, 2.75) is 51.7 Å². The summed E-state index contributed by atoms with van der Waals surface area (Å²) in [5, 5.41) is 10.7. The summed E-state index contributed by atoms with van der Waals surface area (Å²) in [6.07, 6.45) is 6.28. The van der Waals surface area contributed by atoms with E-state index in [1.165, 1.54) is 12.8 Å². The van der Waals surface area contributed by atoms with E-state index in [1.807, 2.05) is 6.07 Å². The average Bonchev–Trinajstić information content (AvgIpc) is 2.99. The maximum absolute atomic E-state index is 10.7. The highest BCUT2D eigenvalue weighted by molar-refractivity contribution is 5.27. The number of hydrogen-bond donors (Lipinski definition) is 1. The SMILES string of the molecule is CCCOc1cncc(C(O)C(C)(C)N2CCCC2)c1. The van der Waals surface area contributed by atoms with Crippen molar-refractivity contribution in [1.82, 2.24) is 9.88 Å². The third-order valence-corrected chi connectivity index (χ3v) is 4.11. The van der Waals surface area contributed by atoms with Crippen molar-refractivity contribution >= 4 is 0 Å². The molecular formula is C16H26N2O2. The van der Waals surface area contributed by atoms with Gasteiger partial charge in [-0.05, 0) is 52.3 Å². The third-order valence-electron chi connectivity index (χ3n) is 4.11. The molecule has 0 radical (unpaired) electrons. The second kappa shape index (κ2) is 6.55. The van der Waals surface area contributed by atoms with E-state index < -0.39 is 6.10 Å². The fraction of sp³-hybridized carbons (Fsp3) is 0.688. The quantitative estimate of drug-likeness (QED) is 0.869. The zero-order valence-electron chi connectivity index (χ0n) is 12.8. The fourth-order valence-corrected chi connectivity index (χ4v) is 2.76. The van der Waals surface area contributed by atoms with Crippen LogP contribution in [0.4, 0.5) is 0 Å². The minimum absolute atomic E-state index is 0.276. The van der Waals surface area contributed by atoms with Crippen LogP contribution >= 0.6 is 0 Å². The molecule has 1 fully saturated rings. The molecule has 20 heavy (non-hydrogen) atoms. The van der Waals surface area contributed by atoms with E-state index >= 15 is 0 Å². The minimum Gasteiger partial charge on any atom is -0.492 e. The van der Waals surface area contributed by atoms with Crippen molar-refractivity contribution in [3.8, 4) is 5.75 Å². The van der Waals surface area contributed by atoms with Gasteiger partial charge < -0.3 is 9.84 Å². The van der Waals surface area contributed by atoms with Crippen LogP contribution in [0.3, 0.4) is 0 Å². The number of pyridine rings is 1. The molecule has 0 bridgehead atoms. The van der Waals surface area contributed by atoms with Crippen molar-refractivity contribution in [1.29, 1.82) is 0 Å². The summed E-state index contributed by atoms with van der Waals surface area (Å²) in [5.41, 5.74) is 0.553. The maximum Gasteiger partial charge on any atom is 0.137 e. The molecule has 1 aromatic heterocycles. The fourth-order valence-electron chi connectivity index (χ4n) is 2.76. The summed E-state index contributed by atoms with van der Waals surface area (Å²) in [5.74, 6) is 0.737. The van der Waals surface area contributed by atoms with E-state index in [0.29, 0.717) is 6.61 Å². The Kier molecular flexibility index (Phi) is 5.00. The van der Waals surface area contributed by atoms with Gasteiger partial charge in [0, 0.05) is 17.3 Å². The topological polar surface area (TPSA) is 45.6 Å². The van der Waals surface area contributed by atoms with Gasteiger partial charge in [0.05, 0.1) is 18.9 Å². The van der Waals surface area contributed by atoms with Crippen LogP contribution < -0.4 is 4.74 Å². The summed E-state index contributed by atoms with van der Waals surface area (Å²) >= 11 is 0. The van der Waals surface area contributed by atoms with Crippen LogP contribution in [0.25, 0.3) is 0 Å². The molecule has 1 aromatic rings. The van der Waals surface area contributed by atoms with Crippen LogP contribution in [-0.2, 0) is 0 Å². The lowest BCUT2D eigenvalue weighted by Crippen LogP contribution is -2.46. The Hall–Kier alpha value is -1.13. The van der Waals surface area contributed by atoms with E-state index in [9.17, 15) is 5.11 Å². The molecule has 1 aliphatic rings. The molecule has 2 rings (SSSR count). The molecule has 0 spiro atoms. The number of rotatable bonds is 6. The predicted octanol–water partition coefficient (Wildman–Crippen LogP) is 2.78. The monoisotopic (exact) mass is 278 g/mol. The van der Waals surface area contributed by atoms with Gasteiger partial charge in [0.15, 0.2) is 0 Å². The van der Waals surface area contributed by atoms with Crippen LogP contribution in [0.2, 0.25) is 0 Å². The Bertz CT molecular complexity index is 428. The molecule has 112 valence electrons. The highest BCUT2D eigenvalue weighted by Gasteiger charge is 2.36. The number of hydrogen-bond acceptors (Lipinski definition) is 4. The Labute approximate surface area is 121 Å². The Balaban J connectivity index is 2.12. The highest BCUT2D eigenvalue weighted by Crippen LogP contribution is 2.34. The first-order valence-electron chi connectivity index (χ1n) is 7.56. The summed E-state index contributed by atoms with van der Waals surface area (Å²) in [4.78, 5) is 6.55. The summed E-state index contributed by atoms with van der Waals surface area (Å²) < 4.78 is 5.60. The Morgan fingerprint density at radius 1 is 1.35 bits per heavy atom. The first-order valence-corrected chi connectivity index (χ1v) is 7.56. The van der Waals surface area contributed by atoms with Gasteiger partial charge in [-0.2, -0.15) is 0 Å². The first kappa shape index (κ1) is 15.3. The third kappa shape index (κ3) is 3.30. The maximum atomic E-state index is 10.7. The summed E-state index contributed by atoms with van der Waals surface area (Å²) in [6, 6.07) is 1.91. The largest absolute Gasteiger partial charge is 0.492 e. The predicted molar refractivity (Wildman–Crippen MR) is 79.9 cm³/mol. The van der Waals surface area contributed by atoms with Crippen LogP contribution in [0.1, 0.15) is 51.7 Å². The molecule has 2 heterocycles. The number of ether oxygens (including phenoxy) is 1. The minimum atomic E-state index is -0.557. The molecular weight excluding hydrogens is 252 g/mol. The molecule has 4 heteroatoms. The molecule has 1 unspecified atom stereocenters. The lowest BCUT2D eigenvalue weighted by molar-refractivity contribution is 0.00100. The van der Waals surface area contributed by atoms with E-state index in [2.05, 4.69) is 30.7 Å². The number of likely N-dealkylation sites (tertiary alicyclic amines) is 1. The molecule has 0 aliphatic carbocycles. The number of aromatic nitrogens is 1. The van der Waals surface area contributed by atoms with Crippen LogP contribution in [0, 0.1) is 0 Å².